The van der Waals surface area contributed by atoms with Crippen molar-refractivity contribution in [3.8, 4) is 0 Å². The number of piperidine rings is 1. The summed E-state index contributed by atoms with van der Waals surface area (Å²) in [5, 5.41) is 0. The summed E-state index contributed by atoms with van der Waals surface area (Å²) in [6, 6.07) is 5.00. The molecule has 0 radical (unpaired) electrons. The van der Waals surface area contributed by atoms with Gasteiger partial charge in [-0.3, -0.25) is 0 Å². The molecule has 2 N–H and O–H groups in total. The maximum atomic E-state index is 5.83. The van der Waals surface area contributed by atoms with Crippen molar-refractivity contribution in [2.24, 2.45) is 5.73 Å². The summed E-state index contributed by atoms with van der Waals surface area (Å²) < 4.78 is 0. The van der Waals surface area contributed by atoms with Crippen LogP contribution in [0.2, 0.25) is 0 Å². The fraction of sp³-hybridized carbons (Fsp3) is 0.688. The Balaban J connectivity index is 2.15. The van der Waals surface area contributed by atoms with Gasteiger partial charge in [0, 0.05) is 31.4 Å². The SMILES string of the molecule is CC(C)c1cc(CN)cc(N2CCC(N(C)C)CC2)n1. The third kappa shape index (κ3) is 3.49. The molecule has 20 heavy (non-hydrogen) atoms. The third-order valence-corrected chi connectivity index (χ3v) is 4.24. The van der Waals surface area contributed by atoms with Gasteiger partial charge >= 0.3 is 0 Å². The first kappa shape index (κ1) is 15.3. The van der Waals surface area contributed by atoms with E-state index >= 15 is 0 Å². The Labute approximate surface area is 123 Å². The smallest absolute Gasteiger partial charge is 0.129 e. The second-order valence-electron chi connectivity index (χ2n) is 6.30. The van der Waals surface area contributed by atoms with Crippen molar-refractivity contribution < 1.29 is 0 Å². The predicted molar refractivity (Wildman–Crippen MR) is 85.1 cm³/mol. The minimum absolute atomic E-state index is 0.444. The van der Waals surface area contributed by atoms with Gasteiger partial charge < -0.3 is 15.5 Å². The van der Waals surface area contributed by atoms with Crippen LogP contribution in [0.4, 0.5) is 5.82 Å². The summed E-state index contributed by atoms with van der Waals surface area (Å²) in [5.41, 5.74) is 8.17. The van der Waals surface area contributed by atoms with Gasteiger partial charge in [-0.05, 0) is 50.6 Å². The Morgan fingerprint density at radius 2 is 1.95 bits per heavy atom. The van der Waals surface area contributed by atoms with Crippen LogP contribution in [0.1, 0.15) is 43.9 Å². The van der Waals surface area contributed by atoms with Gasteiger partial charge in [-0.25, -0.2) is 4.98 Å². The second-order valence-corrected chi connectivity index (χ2v) is 6.30. The number of aromatic nitrogens is 1. The van der Waals surface area contributed by atoms with Gasteiger partial charge in [-0.15, -0.1) is 0 Å². The second kappa shape index (κ2) is 6.55. The molecular formula is C16H28N4. The van der Waals surface area contributed by atoms with Gasteiger partial charge in [0.25, 0.3) is 0 Å². The molecule has 1 aliphatic rings. The van der Waals surface area contributed by atoms with E-state index in [0.717, 1.165) is 24.6 Å². The van der Waals surface area contributed by atoms with E-state index in [1.165, 1.54) is 18.4 Å². The van der Waals surface area contributed by atoms with Crippen molar-refractivity contribution in [1.82, 2.24) is 9.88 Å². The van der Waals surface area contributed by atoms with Crippen LogP contribution in [0.15, 0.2) is 12.1 Å². The van der Waals surface area contributed by atoms with Gasteiger partial charge in [0.05, 0.1) is 0 Å². The molecule has 0 aliphatic carbocycles. The van der Waals surface area contributed by atoms with E-state index in [1.807, 2.05) is 0 Å². The highest BCUT2D eigenvalue weighted by molar-refractivity contribution is 5.43. The summed E-state index contributed by atoms with van der Waals surface area (Å²) in [4.78, 5) is 9.57. The molecule has 2 heterocycles. The fourth-order valence-electron chi connectivity index (χ4n) is 2.78. The lowest BCUT2D eigenvalue weighted by molar-refractivity contribution is 0.249. The predicted octanol–water partition coefficient (Wildman–Crippen LogP) is 2.19. The van der Waals surface area contributed by atoms with Crippen LogP contribution in [-0.2, 0) is 6.54 Å². The molecule has 1 fully saturated rings. The molecule has 1 aliphatic heterocycles. The lowest BCUT2D eigenvalue weighted by Gasteiger charge is -2.36. The average Bonchev–Trinajstić information content (AvgIpc) is 2.46. The number of nitrogens with zero attached hydrogens (tertiary/aromatic N) is 3. The lowest BCUT2D eigenvalue weighted by atomic mass is 10.0. The van der Waals surface area contributed by atoms with Gasteiger partial charge in [0.1, 0.15) is 5.82 Å². The standard InChI is InChI=1S/C16H28N4/c1-12(2)15-9-13(11-17)10-16(18-15)20-7-5-14(6-8-20)19(3)4/h9-10,12,14H,5-8,11,17H2,1-4H3. The molecule has 4 nitrogen and oxygen atoms in total. The highest BCUT2D eigenvalue weighted by Gasteiger charge is 2.22. The molecule has 2 rings (SSSR count). The molecule has 0 bridgehead atoms. The number of anilines is 1. The van der Waals surface area contributed by atoms with Gasteiger partial charge in [0.15, 0.2) is 0 Å². The summed E-state index contributed by atoms with van der Waals surface area (Å²) >= 11 is 0. The molecule has 0 unspecified atom stereocenters. The zero-order valence-corrected chi connectivity index (χ0v) is 13.3. The lowest BCUT2D eigenvalue weighted by Crippen LogP contribution is -2.42. The fourth-order valence-corrected chi connectivity index (χ4v) is 2.78. The van der Waals surface area contributed by atoms with Crippen LogP contribution in [0.3, 0.4) is 0 Å². The van der Waals surface area contributed by atoms with Crippen LogP contribution in [0.25, 0.3) is 0 Å². The molecule has 4 heteroatoms. The van der Waals surface area contributed by atoms with E-state index in [4.69, 9.17) is 10.7 Å². The normalized spacial score (nSPS) is 17.2. The van der Waals surface area contributed by atoms with Gasteiger partial charge in [-0.1, -0.05) is 13.8 Å². The highest BCUT2D eigenvalue weighted by atomic mass is 15.2. The molecule has 0 saturated carbocycles. The first-order valence-corrected chi connectivity index (χ1v) is 7.63. The molecule has 0 amide bonds. The van der Waals surface area contributed by atoms with Crippen molar-refractivity contribution >= 4 is 5.82 Å². The number of pyridine rings is 1. The van der Waals surface area contributed by atoms with E-state index in [2.05, 4.69) is 49.9 Å². The number of nitrogens with two attached hydrogens (primary N) is 1. The number of rotatable bonds is 4. The summed E-state index contributed by atoms with van der Waals surface area (Å²) in [7, 11) is 4.34. The van der Waals surface area contributed by atoms with Crippen LogP contribution >= 0.6 is 0 Å². The van der Waals surface area contributed by atoms with Crippen molar-refractivity contribution in [3.63, 3.8) is 0 Å². The molecule has 112 valence electrons. The molecule has 0 atom stereocenters. The zero-order chi connectivity index (χ0) is 14.7. The first-order valence-electron chi connectivity index (χ1n) is 7.63. The van der Waals surface area contributed by atoms with Crippen LogP contribution in [0.5, 0.6) is 0 Å². The Bertz CT molecular complexity index is 434. The van der Waals surface area contributed by atoms with Crippen LogP contribution in [-0.4, -0.2) is 43.1 Å². The Morgan fingerprint density at radius 1 is 1.30 bits per heavy atom. The minimum Gasteiger partial charge on any atom is -0.356 e. The molecule has 1 aromatic heterocycles. The van der Waals surface area contributed by atoms with Gasteiger partial charge in [0.2, 0.25) is 0 Å². The van der Waals surface area contributed by atoms with Gasteiger partial charge in [-0.2, -0.15) is 0 Å². The van der Waals surface area contributed by atoms with Crippen LogP contribution in [0, 0.1) is 0 Å². The van der Waals surface area contributed by atoms with E-state index in [-0.39, 0.29) is 0 Å². The van der Waals surface area contributed by atoms with E-state index in [1.54, 1.807) is 0 Å². The van der Waals surface area contributed by atoms with Crippen LogP contribution < -0.4 is 10.6 Å². The van der Waals surface area contributed by atoms with E-state index in [9.17, 15) is 0 Å². The molecule has 0 aromatic carbocycles. The zero-order valence-electron chi connectivity index (χ0n) is 13.3. The summed E-state index contributed by atoms with van der Waals surface area (Å²) in [6.07, 6.45) is 2.41. The molecular weight excluding hydrogens is 248 g/mol. The molecule has 0 spiro atoms. The minimum atomic E-state index is 0.444. The van der Waals surface area contributed by atoms with Crippen molar-refractivity contribution in [1.29, 1.82) is 0 Å². The Kier molecular flexibility index (Phi) is 5.00. The van der Waals surface area contributed by atoms with E-state index < -0.39 is 0 Å². The number of hydrogen-bond acceptors (Lipinski definition) is 4. The Morgan fingerprint density at radius 3 is 2.45 bits per heavy atom. The topological polar surface area (TPSA) is 45.4 Å². The summed E-state index contributed by atoms with van der Waals surface area (Å²) in [5.74, 6) is 1.55. The average molecular weight is 276 g/mol. The maximum absolute atomic E-state index is 5.83. The number of hydrogen-bond donors (Lipinski definition) is 1. The Hall–Kier alpha value is -1.13. The van der Waals surface area contributed by atoms with Crippen molar-refractivity contribution in [2.75, 3.05) is 32.1 Å². The quantitative estimate of drug-likeness (QED) is 0.915. The van der Waals surface area contributed by atoms with Crippen molar-refractivity contribution in [3.05, 3.63) is 23.4 Å². The summed E-state index contributed by atoms with van der Waals surface area (Å²) in [6.45, 7) is 7.13. The first-order chi connectivity index (χ1) is 9.51. The maximum Gasteiger partial charge on any atom is 0.129 e. The highest BCUT2D eigenvalue weighted by Crippen LogP contribution is 2.24. The third-order valence-electron chi connectivity index (χ3n) is 4.24. The van der Waals surface area contributed by atoms with Crippen molar-refractivity contribution in [2.45, 2.75) is 45.2 Å². The molecule has 1 aromatic rings. The monoisotopic (exact) mass is 276 g/mol. The molecule has 1 saturated heterocycles. The van der Waals surface area contributed by atoms with E-state index in [0.29, 0.717) is 18.5 Å². The largest absolute Gasteiger partial charge is 0.356 e.